The molecule has 0 saturated heterocycles. The minimum Gasteiger partial charge on any atom is -0.496 e. The molecule has 0 saturated carbocycles. The third kappa shape index (κ3) is 4.71. The largest absolute Gasteiger partial charge is 0.496 e. The van der Waals surface area contributed by atoms with Gasteiger partial charge in [0.1, 0.15) is 11.5 Å². The SMILES string of the molecule is COc1ccccc1/C=C/C(=O)c1cccc(OCC(=O)O)c1. The molecule has 0 unspecified atom stereocenters. The molecule has 23 heavy (non-hydrogen) atoms. The summed E-state index contributed by atoms with van der Waals surface area (Å²) < 4.78 is 10.3. The van der Waals surface area contributed by atoms with Crippen molar-refractivity contribution in [2.45, 2.75) is 0 Å². The van der Waals surface area contributed by atoms with Crippen molar-refractivity contribution < 1.29 is 24.2 Å². The van der Waals surface area contributed by atoms with Crippen LogP contribution in [0.5, 0.6) is 11.5 Å². The van der Waals surface area contributed by atoms with Crippen LogP contribution in [0.4, 0.5) is 0 Å². The summed E-state index contributed by atoms with van der Waals surface area (Å²) in [7, 11) is 1.57. The summed E-state index contributed by atoms with van der Waals surface area (Å²) in [6.07, 6.45) is 3.11. The Morgan fingerprint density at radius 1 is 1.13 bits per heavy atom. The maximum atomic E-state index is 12.2. The Hall–Kier alpha value is -3.08. The molecule has 0 atom stereocenters. The van der Waals surface area contributed by atoms with E-state index in [0.29, 0.717) is 17.1 Å². The van der Waals surface area contributed by atoms with E-state index < -0.39 is 12.6 Å². The third-order valence-corrected chi connectivity index (χ3v) is 3.03. The number of carboxylic acid groups (broad SMARTS) is 1. The molecule has 0 aliphatic rings. The molecule has 2 rings (SSSR count). The molecule has 0 amide bonds. The van der Waals surface area contributed by atoms with Gasteiger partial charge in [0.2, 0.25) is 0 Å². The van der Waals surface area contributed by atoms with Crippen molar-refractivity contribution >= 4 is 17.8 Å². The summed E-state index contributed by atoms with van der Waals surface area (Å²) in [4.78, 5) is 22.7. The second-order valence-electron chi connectivity index (χ2n) is 4.65. The van der Waals surface area contributed by atoms with Crippen LogP contribution in [0.15, 0.2) is 54.6 Å². The van der Waals surface area contributed by atoms with Crippen LogP contribution in [0.1, 0.15) is 15.9 Å². The maximum absolute atomic E-state index is 12.2. The lowest BCUT2D eigenvalue weighted by atomic mass is 10.1. The van der Waals surface area contributed by atoms with Gasteiger partial charge in [-0.2, -0.15) is 0 Å². The Morgan fingerprint density at radius 3 is 2.65 bits per heavy atom. The van der Waals surface area contributed by atoms with Gasteiger partial charge in [-0.15, -0.1) is 0 Å². The maximum Gasteiger partial charge on any atom is 0.341 e. The Kier molecular flexibility index (Phi) is 5.52. The standard InChI is InChI=1S/C18H16O5/c1-22-17-8-3-2-5-13(17)9-10-16(19)14-6-4-7-15(11-14)23-12-18(20)21/h2-11H,12H2,1H3,(H,20,21)/b10-9+. The van der Waals surface area contributed by atoms with E-state index in [0.717, 1.165) is 5.56 Å². The highest BCUT2D eigenvalue weighted by atomic mass is 16.5. The molecule has 0 fully saturated rings. The average molecular weight is 312 g/mol. The smallest absolute Gasteiger partial charge is 0.341 e. The summed E-state index contributed by atoms with van der Waals surface area (Å²) in [6.45, 7) is -0.450. The lowest BCUT2D eigenvalue weighted by Crippen LogP contribution is -2.09. The third-order valence-electron chi connectivity index (χ3n) is 3.03. The first-order valence-corrected chi connectivity index (χ1v) is 6.90. The molecule has 0 aliphatic heterocycles. The van der Waals surface area contributed by atoms with E-state index in [2.05, 4.69) is 0 Å². The lowest BCUT2D eigenvalue weighted by molar-refractivity contribution is -0.139. The van der Waals surface area contributed by atoms with Gasteiger partial charge in [0.25, 0.3) is 0 Å². The zero-order valence-corrected chi connectivity index (χ0v) is 12.6. The predicted molar refractivity (Wildman–Crippen MR) is 85.9 cm³/mol. The van der Waals surface area contributed by atoms with Crippen LogP contribution in [0.3, 0.4) is 0 Å². The molecular formula is C18H16O5. The van der Waals surface area contributed by atoms with Gasteiger partial charge >= 0.3 is 5.97 Å². The topological polar surface area (TPSA) is 72.8 Å². The molecule has 0 spiro atoms. The van der Waals surface area contributed by atoms with Gasteiger partial charge < -0.3 is 14.6 Å². The molecule has 1 N–H and O–H groups in total. The van der Waals surface area contributed by atoms with Crippen LogP contribution in [-0.2, 0) is 4.79 Å². The highest BCUT2D eigenvalue weighted by molar-refractivity contribution is 6.07. The minimum atomic E-state index is -1.07. The first-order chi connectivity index (χ1) is 11.1. The lowest BCUT2D eigenvalue weighted by Gasteiger charge is -2.05. The van der Waals surface area contributed by atoms with Crippen molar-refractivity contribution in [1.29, 1.82) is 0 Å². The fourth-order valence-corrected chi connectivity index (χ4v) is 1.95. The molecule has 0 bridgehead atoms. The first kappa shape index (κ1) is 16.3. The second-order valence-corrected chi connectivity index (χ2v) is 4.65. The number of allylic oxidation sites excluding steroid dienone is 1. The van der Waals surface area contributed by atoms with E-state index in [9.17, 15) is 9.59 Å². The number of carbonyl (C=O) groups is 2. The Labute approximate surface area is 133 Å². The minimum absolute atomic E-state index is 0.211. The van der Waals surface area contributed by atoms with E-state index in [1.165, 1.54) is 12.1 Å². The number of hydrogen-bond donors (Lipinski definition) is 1. The number of para-hydroxylation sites is 1. The molecule has 5 heteroatoms. The van der Waals surface area contributed by atoms with Gasteiger partial charge in [-0.05, 0) is 30.4 Å². The van der Waals surface area contributed by atoms with Gasteiger partial charge in [-0.3, -0.25) is 4.79 Å². The molecule has 0 aromatic heterocycles. The van der Waals surface area contributed by atoms with E-state index in [4.69, 9.17) is 14.6 Å². The number of ketones is 1. The van der Waals surface area contributed by atoms with E-state index in [-0.39, 0.29) is 5.78 Å². The molecule has 2 aromatic rings. The van der Waals surface area contributed by atoms with Gasteiger partial charge in [-0.25, -0.2) is 4.79 Å². The molecular weight excluding hydrogens is 296 g/mol. The number of aliphatic carboxylic acids is 1. The Bertz CT molecular complexity index is 734. The van der Waals surface area contributed by atoms with E-state index in [1.807, 2.05) is 24.3 Å². The quantitative estimate of drug-likeness (QED) is 0.628. The normalized spacial score (nSPS) is 10.5. The Morgan fingerprint density at radius 2 is 1.91 bits per heavy atom. The molecule has 0 heterocycles. The van der Waals surface area contributed by atoms with Crippen LogP contribution in [-0.4, -0.2) is 30.6 Å². The monoisotopic (exact) mass is 312 g/mol. The molecule has 118 valence electrons. The average Bonchev–Trinajstić information content (AvgIpc) is 2.58. The van der Waals surface area contributed by atoms with Crippen molar-refractivity contribution in [3.05, 3.63) is 65.7 Å². The first-order valence-electron chi connectivity index (χ1n) is 6.90. The summed E-state index contributed by atoms with van der Waals surface area (Å²) in [5.74, 6) is -0.270. The van der Waals surface area contributed by atoms with Crippen LogP contribution in [0.2, 0.25) is 0 Å². The van der Waals surface area contributed by atoms with Crippen molar-refractivity contribution in [3.63, 3.8) is 0 Å². The fraction of sp³-hybridized carbons (Fsp3) is 0.111. The summed E-state index contributed by atoms with van der Waals surface area (Å²) in [6, 6.07) is 13.7. The van der Waals surface area contributed by atoms with Crippen molar-refractivity contribution in [2.24, 2.45) is 0 Å². The fourth-order valence-electron chi connectivity index (χ4n) is 1.95. The van der Waals surface area contributed by atoms with E-state index >= 15 is 0 Å². The molecule has 5 nitrogen and oxygen atoms in total. The van der Waals surface area contributed by atoms with Crippen LogP contribution >= 0.6 is 0 Å². The zero-order valence-electron chi connectivity index (χ0n) is 12.6. The number of carboxylic acids is 1. The van der Waals surface area contributed by atoms with Crippen molar-refractivity contribution in [3.8, 4) is 11.5 Å². The highest BCUT2D eigenvalue weighted by Crippen LogP contribution is 2.19. The summed E-state index contributed by atoms with van der Waals surface area (Å²) in [5, 5.41) is 8.60. The van der Waals surface area contributed by atoms with Gasteiger partial charge in [0, 0.05) is 11.1 Å². The number of hydrogen-bond acceptors (Lipinski definition) is 4. The number of rotatable bonds is 7. The molecule has 2 aromatic carbocycles. The molecule has 0 aliphatic carbocycles. The van der Waals surface area contributed by atoms with Crippen LogP contribution in [0.25, 0.3) is 6.08 Å². The van der Waals surface area contributed by atoms with Gasteiger partial charge in [-0.1, -0.05) is 30.3 Å². The number of ether oxygens (including phenoxy) is 2. The van der Waals surface area contributed by atoms with Gasteiger partial charge in [0.05, 0.1) is 7.11 Å². The summed E-state index contributed by atoms with van der Waals surface area (Å²) in [5.41, 5.74) is 1.21. The van der Waals surface area contributed by atoms with Crippen molar-refractivity contribution in [1.82, 2.24) is 0 Å². The molecule has 0 radical (unpaired) electrons. The zero-order chi connectivity index (χ0) is 16.7. The van der Waals surface area contributed by atoms with Gasteiger partial charge in [0.15, 0.2) is 12.4 Å². The van der Waals surface area contributed by atoms with Crippen LogP contribution < -0.4 is 9.47 Å². The second kappa shape index (κ2) is 7.79. The summed E-state index contributed by atoms with van der Waals surface area (Å²) >= 11 is 0. The number of benzene rings is 2. The Balaban J connectivity index is 2.12. The predicted octanol–water partition coefficient (Wildman–Crippen LogP) is 3.05. The van der Waals surface area contributed by atoms with Crippen LogP contribution in [0, 0.1) is 0 Å². The number of methoxy groups -OCH3 is 1. The highest BCUT2D eigenvalue weighted by Gasteiger charge is 2.06. The van der Waals surface area contributed by atoms with Crippen molar-refractivity contribution in [2.75, 3.05) is 13.7 Å². The van der Waals surface area contributed by atoms with E-state index in [1.54, 1.807) is 31.4 Å². The number of carbonyl (C=O) groups excluding carboxylic acids is 1.